The Hall–Kier alpha value is -1.62. The third kappa shape index (κ3) is 15.5. The molecule has 7 fully saturated rings. The molecule has 7 heterocycles. The Morgan fingerprint density at radius 2 is 0.873 bits per heavy atom. The molecular formula is C53H96O18. The lowest BCUT2D eigenvalue weighted by Crippen LogP contribution is -2.64. The first kappa shape index (κ1) is 61.9. The van der Waals surface area contributed by atoms with Crippen molar-refractivity contribution < 1.29 is 86.9 Å². The van der Waals surface area contributed by atoms with Crippen molar-refractivity contribution in [3.05, 3.63) is 0 Å². The van der Waals surface area contributed by atoms with Gasteiger partial charge >= 0.3 is 11.9 Å². The van der Waals surface area contributed by atoms with Gasteiger partial charge in [0, 0.05) is 19.8 Å². The summed E-state index contributed by atoms with van der Waals surface area (Å²) in [5.74, 6) is -1.46. The first-order valence-electron chi connectivity index (χ1n) is 26.5. The van der Waals surface area contributed by atoms with Crippen LogP contribution in [0.5, 0.6) is 0 Å². The smallest absolute Gasteiger partial charge is 0.303 e. The van der Waals surface area contributed by atoms with Crippen LogP contribution in [0.15, 0.2) is 0 Å². The highest BCUT2D eigenvalue weighted by molar-refractivity contribution is 5.67. The van der Waals surface area contributed by atoms with Gasteiger partial charge in [-0.1, -0.05) is 83.1 Å². The van der Waals surface area contributed by atoms with Gasteiger partial charge in [0.2, 0.25) is 0 Å². The summed E-state index contributed by atoms with van der Waals surface area (Å²) in [4.78, 5) is 22.7. The zero-order chi connectivity index (χ0) is 53.8. The molecule has 20 unspecified atom stereocenters. The third-order valence-corrected chi connectivity index (χ3v) is 14.3. The highest BCUT2D eigenvalue weighted by Crippen LogP contribution is 2.44. The summed E-state index contributed by atoms with van der Waals surface area (Å²) >= 11 is 0. The Morgan fingerprint density at radius 1 is 0.479 bits per heavy atom. The van der Waals surface area contributed by atoms with Gasteiger partial charge in [0.25, 0.3) is 0 Å². The molecule has 7 aliphatic heterocycles. The highest BCUT2D eigenvalue weighted by atomic mass is 16.8. The van der Waals surface area contributed by atoms with Gasteiger partial charge < -0.3 is 77.3 Å². The molecule has 0 aromatic rings. The maximum absolute atomic E-state index is 11.4. The maximum Gasteiger partial charge on any atom is 0.303 e. The Balaban J connectivity index is 0.000000208. The lowest BCUT2D eigenvalue weighted by molar-refractivity contribution is -0.350. The van der Waals surface area contributed by atoms with E-state index in [1.165, 1.54) is 13.8 Å². The monoisotopic (exact) mass is 1020 g/mol. The van der Waals surface area contributed by atoms with E-state index < -0.39 is 60.1 Å². The summed E-state index contributed by atoms with van der Waals surface area (Å²) in [6, 6.07) is 0. The van der Waals surface area contributed by atoms with Crippen molar-refractivity contribution in [3.8, 4) is 0 Å². The number of aliphatic hydroxyl groups is 4. The van der Waals surface area contributed by atoms with E-state index in [1.54, 1.807) is 0 Å². The molecule has 18 heteroatoms. The minimum Gasteiger partial charge on any atom is -0.458 e. The second-order valence-corrected chi connectivity index (χ2v) is 23.1. The molecule has 0 aliphatic carbocycles. The van der Waals surface area contributed by atoms with Crippen molar-refractivity contribution in [2.75, 3.05) is 6.61 Å². The quantitative estimate of drug-likeness (QED) is 0.194. The van der Waals surface area contributed by atoms with Crippen LogP contribution in [0.1, 0.15) is 158 Å². The second kappa shape index (κ2) is 25.5. The van der Waals surface area contributed by atoms with Crippen LogP contribution in [-0.4, -0.2) is 172 Å². The number of aliphatic hydroxyl groups excluding tert-OH is 4. The van der Waals surface area contributed by atoms with Crippen LogP contribution in [0, 0.1) is 29.6 Å². The molecule has 0 radical (unpaired) electrons. The van der Waals surface area contributed by atoms with Gasteiger partial charge in [0.15, 0.2) is 23.5 Å². The van der Waals surface area contributed by atoms with E-state index in [-0.39, 0.29) is 97.0 Å². The number of carbonyl (C=O) groups is 2. The van der Waals surface area contributed by atoms with Gasteiger partial charge in [-0.3, -0.25) is 9.59 Å². The van der Waals surface area contributed by atoms with Gasteiger partial charge in [-0.25, -0.2) is 0 Å². The molecule has 4 N–H and O–H groups in total. The van der Waals surface area contributed by atoms with Gasteiger partial charge in [-0.15, -0.1) is 0 Å². The van der Waals surface area contributed by atoms with E-state index in [0.717, 1.165) is 6.42 Å². The molecule has 0 saturated carbocycles. The third-order valence-electron chi connectivity index (χ3n) is 14.3. The topological polar surface area (TPSA) is 226 Å². The molecule has 7 saturated heterocycles. The Bertz CT molecular complexity index is 1650. The maximum atomic E-state index is 11.4. The Labute approximate surface area is 425 Å². The van der Waals surface area contributed by atoms with Crippen LogP contribution >= 0.6 is 0 Å². The van der Waals surface area contributed by atoms with Crippen molar-refractivity contribution in [1.82, 2.24) is 0 Å². The molecule has 0 amide bonds. The van der Waals surface area contributed by atoms with Gasteiger partial charge in [-0.05, 0) is 84.5 Å². The van der Waals surface area contributed by atoms with Crippen molar-refractivity contribution in [2.24, 2.45) is 29.6 Å². The van der Waals surface area contributed by atoms with E-state index in [4.69, 9.17) is 56.8 Å². The number of hydrogen-bond acceptors (Lipinski definition) is 18. The molecule has 18 nitrogen and oxygen atoms in total. The molecule has 416 valence electrons. The minimum absolute atomic E-state index is 0.00451. The van der Waals surface area contributed by atoms with Crippen LogP contribution in [0.25, 0.3) is 0 Å². The highest BCUT2D eigenvalue weighted by Gasteiger charge is 2.59. The van der Waals surface area contributed by atoms with Crippen LogP contribution < -0.4 is 0 Å². The SMILES string of the molecule is CC(C)C1OC2COC(C)(C)OC2C2OC(C)(C)OC12.CCC1OC(C(C)C)C(C)C(OC(C)=O)C1OC(C)=O.CCC1OC(C(C)C)C(O)C(O)C1O.CCC1OC(C(C)C)C2OC(C)(C)OC2C1O. The summed E-state index contributed by atoms with van der Waals surface area (Å²) in [6.07, 6.45) is -4.55. The number of hydrogen-bond donors (Lipinski definition) is 4. The zero-order valence-electron chi connectivity index (χ0n) is 46.7. The van der Waals surface area contributed by atoms with Gasteiger partial charge in [-0.2, -0.15) is 0 Å². The first-order chi connectivity index (χ1) is 32.8. The fourth-order valence-corrected chi connectivity index (χ4v) is 10.9. The molecule has 0 aromatic carbocycles. The summed E-state index contributed by atoms with van der Waals surface area (Å²) in [7, 11) is 0. The summed E-state index contributed by atoms with van der Waals surface area (Å²) in [5.41, 5.74) is 0. The van der Waals surface area contributed by atoms with Crippen molar-refractivity contribution in [1.29, 1.82) is 0 Å². The number of fused-ring (bicyclic) bond motifs is 4. The number of ether oxygens (including phenoxy) is 12. The fourth-order valence-electron chi connectivity index (χ4n) is 10.9. The summed E-state index contributed by atoms with van der Waals surface area (Å²) in [5, 5.41) is 39.1. The van der Waals surface area contributed by atoms with Crippen molar-refractivity contribution >= 4 is 11.9 Å². The fraction of sp³-hybridized carbons (Fsp3) is 0.962. The molecule has 20 atom stereocenters. The van der Waals surface area contributed by atoms with E-state index in [1.807, 2.05) is 83.1 Å². The molecule has 0 aromatic heterocycles. The molecule has 71 heavy (non-hydrogen) atoms. The standard InChI is InChI=1S/2C15H26O5.C13H24O4.C10H20O4/c1-8(2)10-12-13(20-15(5,6)19-12)11-9(17-10)7-16-14(3,4)18-11;1-7-12-15(19-11(6)17)14(18-10(5)16)9(4)13(20-12)8(2)3;1-6-8-9(14)11-12(10(15-8)7(2)3)17-13(4,5)16-11;1-4-6-7(11)8(12)9(13)10(14-6)5(2)3/h8-13H,7H2,1-6H3;8-9,12-15H,7H2,1-6H3;7-12,14H,6H2,1-5H3;5-13H,4H2,1-3H3. The van der Waals surface area contributed by atoms with E-state index in [0.29, 0.717) is 37.2 Å². The zero-order valence-corrected chi connectivity index (χ0v) is 46.7. The molecule has 7 rings (SSSR count). The first-order valence-corrected chi connectivity index (χ1v) is 26.5. The van der Waals surface area contributed by atoms with Crippen molar-refractivity contribution in [3.63, 3.8) is 0 Å². The summed E-state index contributed by atoms with van der Waals surface area (Å²) < 4.78 is 70.2. The lowest BCUT2D eigenvalue weighted by Gasteiger charge is -2.49. The minimum atomic E-state index is -1.10. The largest absolute Gasteiger partial charge is 0.458 e. The second-order valence-electron chi connectivity index (χ2n) is 23.1. The molecule has 7 aliphatic rings. The van der Waals surface area contributed by atoms with Crippen molar-refractivity contribution in [2.45, 2.75) is 291 Å². The average molecular weight is 1020 g/mol. The van der Waals surface area contributed by atoms with Gasteiger partial charge in [0.05, 0.1) is 49.3 Å². The average Bonchev–Trinajstić information content (AvgIpc) is 3.78. The van der Waals surface area contributed by atoms with E-state index in [9.17, 15) is 30.0 Å². The Morgan fingerprint density at radius 3 is 1.35 bits per heavy atom. The number of carbonyl (C=O) groups excluding carboxylic acids is 2. The van der Waals surface area contributed by atoms with Crippen LogP contribution in [0.4, 0.5) is 0 Å². The molecule has 0 spiro atoms. The Kier molecular flexibility index (Phi) is 22.2. The molecular weight excluding hydrogens is 925 g/mol. The van der Waals surface area contributed by atoms with Crippen LogP contribution in [0.2, 0.25) is 0 Å². The molecule has 0 bridgehead atoms. The van der Waals surface area contributed by atoms with E-state index >= 15 is 0 Å². The number of rotatable bonds is 9. The van der Waals surface area contributed by atoms with Gasteiger partial charge in [0.1, 0.15) is 67.1 Å². The predicted molar refractivity (Wildman–Crippen MR) is 262 cm³/mol. The predicted octanol–water partition coefficient (Wildman–Crippen LogP) is 6.00. The van der Waals surface area contributed by atoms with E-state index in [2.05, 4.69) is 41.5 Å². The lowest BCUT2D eigenvalue weighted by atomic mass is 9.82. The normalized spacial score (nSPS) is 42.0. The van der Waals surface area contributed by atoms with Crippen LogP contribution in [0.3, 0.4) is 0 Å². The summed E-state index contributed by atoms with van der Waals surface area (Å²) in [6.45, 7) is 39.1. The number of esters is 2. The van der Waals surface area contributed by atoms with Crippen LogP contribution in [-0.2, 0) is 66.4 Å².